The van der Waals surface area contributed by atoms with Gasteiger partial charge in [0.2, 0.25) is 5.91 Å². The van der Waals surface area contributed by atoms with Crippen molar-refractivity contribution in [1.29, 1.82) is 0 Å². The molecule has 4 heteroatoms. The number of hydrogen-bond acceptors (Lipinski definition) is 2. The summed E-state index contributed by atoms with van der Waals surface area (Å²) in [5, 5.41) is 3.12. The van der Waals surface area contributed by atoms with E-state index in [1.165, 1.54) is 0 Å². The predicted molar refractivity (Wildman–Crippen MR) is 48.0 cm³/mol. The van der Waals surface area contributed by atoms with Gasteiger partial charge in [-0.15, -0.1) is 0 Å². The fourth-order valence-corrected chi connectivity index (χ4v) is 0.802. The Bertz CT molecular complexity index is 271. The Morgan fingerprint density at radius 1 is 1.67 bits per heavy atom. The molecule has 0 spiro atoms. The van der Waals surface area contributed by atoms with Gasteiger partial charge in [0.05, 0.1) is 6.54 Å². The van der Waals surface area contributed by atoms with Crippen LogP contribution in [0, 0.1) is 6.07 Å². The monoisotopic (exact) mass is 183 g/mol. The lowest BCUT2D eigenvalue weighted by Crippen LogP contribution is -2.21. The van der Waals surface area contributed by atoms with E-state index in [2.05, 4.69) is 11.4 Å². The third-order valence-corrected chi connectivity index (χ3v) is 1.47. The summed E-state index contributed by atoms with van der Waals surface area (Å²) < 4.78 is 0. The van der Waals surface area contributed by atoms with Crippen LogP contribution >= 0.6 is 11.6 Å². The number of halogens is 1. The maximum Gasteiger partial charge on any atom is 0.238 e. The van der Waals surface area contributed by atoms with Crippen molar-refractivity contribution in [2.75, 3.05) is 11.9 Å². The summed E-state index contributed by atoms with van der Waals surface area (Å²) in [5.74, 6) is -0.242. The number of carbonyl (C=O) groups excluding carboxylic acids is 1. The smallest absolute Gasteiger partial charge is 0.238 e. The van der Waals surface area contributed by atoms with E-state index in [1.807, 2.05) is 0 Å². The molecule has 0 aliphatic heterocycles. The Balaban J connectivity index is 2.64. The summed E-state index contributed by atoms with van der Waals surface area (Å²) in [6.45, 7) is -0.0313. The minimum atomic E-state index is -0.242. The second-order valence-corrected chi connectivity index (χ2v) is 2.61. The van der Waals surface area contributed by atoms with Gasteiger partial charge in [0.1, 0.15) is 0 Å². The Morgan fingerprint density at radius 2 is 2.42 bits per heavy atom. The van der Waals surface area contributed by atoms with Gasteiger partial charge in [0.15, 0.2) is 0 Å². The van der Waals surface area contributed by atoms with E-state index in [0.717, 1.165) is 0 Å². The van der Waals surface area contributed by atoms with Crippen molar-refractivity contribution in [1.82, 2.24) is 0 Å². The van der Waals surface area contributed by atoms with Crippen molar-refractivity contribution in [2.45, 2.75) is 0 Å². The minimum absolute atomic E-state index is 0.0313. The number of carbonyl (C=O) groups is 1. The van der Waals surface area contributed by atoms with Crippen LogP contribution in [0.15, 0.2) is 18.2 Å². The molecule has 1 rings (SSSR count). The van der Waals surface area contributed by atoms with Crippen molar-refractivity contribution in [3.63, 3.8) is 0 Å². The summed E-state index contributed by atoms with van der Waals surface area (Å²) in [6, 6.07) is 7.69. The van der Waals surface area contributed by atoms with E-state index < -0.39 is 0 Å². The normalized spacial score (nSPS) is 9.50. The van der Waals surface area contributed by atoms with Gasteiger partial charge in [-0.2, -0.15) is 0 Å². The fraction of sp³-hybridized carbons (Fsp3) is 0.125. The molecular formula is C8H8ClN2O. The lowest BCUT2D eigenvalue weighted by atomic mass is 10.3. The summed E-state index contributed by atoms with van der Waals surface area (Å²) in [5.41, 5.74) is 5.68. The van der Waals surface area contributed by atoms with Gasteiger partial charge in [-0.3, -0.25) is 4.79 Å². The van der Waals surface area contributed by atoms with Crippen LogP contribution in [0.3, 0.4) is 0 Å². The van der Waals surface area contributed by atoms with E-state index in [1.54, 1.807) is 18.2 Å². The first kappa shape index (κ1) is 9.03. The van der Waals surface area contributed by atoms with Crippen molar-refractivity contribution < 1.29 is 4.79 Å². The molecule has 0 atom stereocenters. The fourth-order valence-electron chi connectivity index (χ4n) is 0.685. The summed E-state index contributed by atoms with van der Waals surface area (Å²) >= 11 is 5.61. The Morgan fingerprint density at radius 3 is 2.92 bits per heavy atom. The third kappa shape index (κ3) is 2.53. The lowest BCUT2D eigenvalue weighted by molar-refractivity contribution is -0.114. The molecule has 0 aliphatic rings. The molecular weight excluding hydrogens is 176 g/mol. The van der Waals surface area contributed by atoms with Crippen LogP contribution in [-0.4, -0.2) is 12.5 Å². The molecule has 0 saturated heterocycles. The van der Waals surface area contributed by atoms with Gasteiger partial charge in [-0.1, -0.05) is 11.6 Å². The second kappa shape index (κ2) is 4.09. The highest BCUT2D eigenvalue weighted by Gasteiger charge is 1.97. The first-order chi connectivity index (χ1) is 5.72. The van der Waals surface area contributed by atoms with Gasteiger partial charge in [0.25, 0.3) is 0 Å². The zero-order valence-electron chi connectivity index (χ0n) is 6.30. The molecule has 63 valence electrons. The Labute approximate surface area is 75.5 Å². The molecule has 1 radical (unpaired) electrons. The quantitative estimate of drug-likeness (QED) is 0.720. The van der Waals surface area contributed by atoms with Crippen molar-refractivity contribution in [3.05, 3.63) is 29.3 Å². The van der Waals surface area contributed by atoms with Crippen LogP contribution in [0.2, 0.25) is 5.02 Å². The van der Waals surface area contributed by atoms with Crippen LogP contribution in [0.1, 0.15) is 0 Å². The van der Waals surface area contributed by atoms with Gasteiger partial charge in [-0.05, 0) is 18.2 Å². The Hall–Kier alpha value is -1.06. The molecule has 1 aromatic carbocycles. The maximum atomic E-state index is 10.8. The van der Waals surface area contributed by atoms with E-state index in [-0.39, 0.29) is 12.5 Å². The molecule has 0 heterocycles. The molecule has 0 unspecified atom stereocenters. The average molecular weight is 184 g/mol. The van der Waals surface area contributed by atoms with Crippen LogP contribution in [-0.2, 0) is 4.79 Å². The van der Waals surface area contributed by atoms with E-state index in [4.69, 9.17) is 17.3 Å². The maximum absolute atomic E-state index is 10.8. The predicted octanol–water partition coefficient (Wildman–Crippen LogP) is 1.04. The third-order valence-electron chi connectivity index (χ3n) is 1.23. The van der Waals surface area contributed by atoms with Crippen molar-refractivity contribution >= 4 is 23.2 Å². The molecule has 12 heavy (non-hydrogen) atoms. The number of nitrogens with two attached hydrogens (primary N) is 1. The van der Waals surface area contributed by atoms with Crippen LogP contribution in [0.25, 0.3) is 0 Å². The zero-order valence-corrected chi connectivity index (χ0v) is 7.06. The highest BCUT2D eigenvalue weighted by Crippen LogP contribution is 2.11. The summed E-state index contributed by atoms with van der Waals surface area (Å²) in [4.78, 5) is 10.8. The van der Waals surface area contributed by atoms with Crippen LogP contribution < -0.4 is 11.1 Å². The molecule has 1 aromatic rings. The molecule has 0 saturated carbocycles. The topological polar surface area (TPSA) is 55.1 Å². The molecule has 0 bridgehead atoms. The first-order valence-electron chi connectivity index (χ1n) is 3.39. The van der Waals surface area contributed by atoms with E-state index in [0.29, 0.717) is 10.7 Å². The van der Waals surface area contributed by atoms with Gasteiger partial charge in [-0.25, -0.2) is 0 Å². The van der Waals surface area contributed by atoms with E-state index in [9.17, 15) is 4.79 Å². The number of anilines is 1. The molecule has 1 amide bonds. The SMILES string of the molecule is NCC(=O)Nc1[c]cc(Cl)cc1. The number of nitrogens with one attached hydrogen (secondary N) is 1. The van der Waals surface area contributed by atoms with Crippen LogP contribution in [0.4, 0.5) is 5.69 Å². The number of rotatable bonds is 2. The van der Waals surface area contributed by atoms with Crippen molar-refractivity contribution in [3.8, 4) is 0 Å². The molecule has 0 fully saturated rings. The average Bonchev–Trinajstić information content (AvgIpc) is 2.09. The summed E-state index contributed by atoms with van der Waals surface area (Å²) in [7, 11) is 0. The van der Waals surface area contributed by atoms with Gasteiger partial charge < -0.3 is 11.1 Å². The number of benzene rings is 1. The summed E-state index contributed by atoms with van der Waals surface area (Å²) in [6.07, 6.45) is 0. The highest BCUT2D eigenvalue weighted by molar-refractivity contribution is 6.30. The number of hydrogen-bond donors (Lipinski definition) is 2. The molecule has 0 aromatic heterocycles. The molecule has 3 nitrogen and oxygen atoms in total. The van der Waals surface area contributed by atoms with Gasteiger partial charge >= 0.3 is 0 Å². The number of amides is 1. The second-order valence-electron chi connectivity index (χ2n) is 2.17. The lowest BCUT2D eigenvalue weighted by Gasteiger charge is -2.01. The standard InChI is InChI=1S/C8H8ClN2O/c9-6-1-3-7(4-2-6)11-8(12)5-10/h1-3H,5,10H2,(H,11,12). The first-order valence-corrected chi connectivity index (χ1v) is 3.77. The van der Waals surface area contributed by atoms with Gasteiger partial charge in [0, 0.05) is 16.8 Å². The minimum Gasteiger partial charge on any atom is -0.324 e. The van der Waals surface area contributed by atoms with E-state index >= 15 is 0 Å². The zero-order chi connectivity index (χ0) is 8.97. The Kier molecular flexibility index (Phi) is 3.08. The molecule has 3 N–H and O–H groups in total. The van der Waals surface area contributed by atoms with Crippen molar-refractivity contribution in [2.24, 2.45) is 5.73 Å². The van der Waals surface area contributed by atoms with Crippen LogP contribution in [0.5, 0.6) is 0 Å². The highest BCUT2D eigenvalue weighted by atomic mass is 35.5. The largest absolute Gasteiger partial charge is 0.324 e. The molecule has 0 aliphatic carbocycles.